The first-order chi connectivity index (χ1) is 10.6. The van der Waals surface area contributed by atoms with Crippen LogP contribution in [0.5, 0.6) is 0 Å². The Morgan fingerprint density at radius 1 is 1.27 bits per heavy atom. The zero-order valence-corrected chi connectivity index (χ0v) is 12.9. The van der Waals surface area contributed by atoms with Crippen LogP contribution >= 0.6 is 0 Å². The second-order valence-electron chi connectivity index (χ2n) is 6.41. The highest BCUT2D eigenvalue weighted by Crippen LogP contribution is 2.51. The SMILES string of the molecule is CCOC1CC(O)C12CCN(Cc1c(F)cccc1F)CC2. The Kier molecular flexibility index (Phi) is 4.48. The van der Waals surface area contributed by atoms with E-state index in [1.807, 2.05) is 6.92 Å². The van der Waals surface area contributed by atoms with Crippen molar-refractivity contribution in [3.63, 3.8) is 0 Å². The van der Waals surface area contributed by atoms with Crippen LogP contribution in [-0.4, -0.2) is 41.9 Å². The molecule has 1 saturated carbocycles. The van der Waals surface area contributed by atoms with E-state index < -0.39 is 11.6 Å². The van der Waals surface area contributed by atoms with E-state index in [0.29, 0.717) is 13.0 Å². The monoisotopic (exact) mass is 311 g/mol. The second-order valence-corrected chi connectivity index (χ2v) is 6.41. The van der Waals surface area contributed by atoms with Crippen molar-refractivity contribution in [2.45, 2.75) is 44.9 Å². The maximum Gasteiger partial charge on any atom is 0.130 e. The standard InChI is InChI=1S/C17H23F2NO2/c1-2-22-16-10-15(21)17(16)6-8-20(9-7-17)11-12-13(18)4-3-5-14(12)19/h3-5,15-16,21H,2,6-11H2,1H3. The first-order valence-electron chi connectivity index (χ1n) is 8.01. The minimum Gasteiger partial charge on any atom is -0.392 e. The molecule has 1 heterocycles. The molecule has 1 aliphatic heterocycles. The molecule has 0 radical (unpaired) electrons. The van der Waals surface area contributed by atoms with Crippen LogP contribution < -0.4 is 0 Å². The average molecular weight is 311 g/mol. The lowest BCUT2D eigenvalue weighted by molar-refractivity contribution is -0.210. The Bertz CT molecular complexity index is 507. The number of aliphatic hydroxyl groups is 1. The van der Waals surface area contributed by atoms with Gasteiger partial charge in [0.2, 0.25) is 0 Å². The van der Waals surface area contributed by atoms with Gasteiger partial charge in [-0.05, 0) is 45.0 Å². The smallest absolute Gasteiger partial charge is 0.130 e. The van der Waals surface area contributed by atoms with Gasteiger partial charge in [-0.2, -0.15) is 0 Å². The van der Waals surface area contributed by atoms with E-state index in [4.69, 9.17) is 4.74 Å². The predicted octanol–water partition coefficient (Wildman–Crippen LogP) is 2.72. The van der Waals surface area contributed by atoms with Gasteiger partial charge in [0.15, 0.2) is 0 Å². The van der Waals surface area contributed by atoms with E-state index in [9.17, 15) is 13.9 Å². The molecule has 1 aromatic rings. The van der Waals surface area contributed by atoms with E-state index in [2.05, 4.69) is 4.90 Å². The Balaban J connectivity index is 1.62. The zero-order valence-electron chi connectivity index (χ0n) is 12.9. The maximum absolute atomic E-state index is 13.7. The van der Waals surface area contributed by atoms with Gasteiger partial charge in [0.1, 0.15) is 11.6 Å². The lowest BCUT2D eigenvalue weighted by Crippen LogP contribution is -2.62. The van der Waals surface area contributed by atoms with Crippen LogP contribution in [0.25, 0.3) is 0 Å². The van der Waals surface area contributed by atoms with Crippen molar-refractivity contribution in [1.29, 1.82) is 0 Å². The molecule has 1 aromatic carbocycles. The van der Waals surface area contributed by atoms with Gasteiger partial charge in [-0.3, -0.25) is 4.90 Å². The van der Waals surface area contributed by atoms with Crippen LogP contribution in [0.15, 0.2) is 18.2 Å². The molecule has 122 valence electrons. The van der Waals surface area contributed by atoms with Crippen molar-refractivity contribution in [2.75, 3.05) is 19.7 Å². The van der Waals surface area contributed by atoms with Gasteiger partial charge >= 0.3 is 0 Å². The van der Waals surface area contributed by atoms with E-state index in [-0.39, 0.29) is 29.7 Å². The number of likely N-dealkylation sites (tertiary alicyclic amines) is 1. The third kappa shape index (κ3) is 2.66. The molecule has 1 saturated heterocycles. The molecule has 3 nitrogen and oxygen atoms in total. The van der Waals surface area contributed by atoms with Crippen molar-refractivity contribution in [2.24, 2.45) is 5.41 Å². The molecule has 5 heteroatoms. The summed E-state index contributed by atoms with van der Waals surface area (Å²) in [5, 5.41) is 10.2. The number of rotatable bonds is 4. The average Bonchev–Trinajstić information content (AvgIpc) is 2.51. The predicted molar refractivity (Wildman–Crippen MR) is 79.3 cm³/mol. The molecule has 1 N–H and O–H groups in total. The van der Waals surface area contributed by atoms with Crippen LogP contribution in [0.4, 0.5) is 8.78 Å². The number of benzene rings is 1. The fourth-order valence-electron chi connectivity index (χ4n) is 3.85. The largest absolute Gasteiger partial charge is 0.392 e. The van der Waals surface area contributed by atoms with Crippen molar-refractivity contribution >= 4 is 0 Å². The van der Waals surface area contributed by atoms with Gasteiger partial charge in [0.25, 0.3) is 0 Å². The zero-order chi connectivity index (χ0) is 15.7. The molecule has 22 heavy (non-hydrogen) atoms. The van der Waals surface area contributed by atoms with Crippen LogP contribution in [0, 0.1) is 17.0 Å². The second kappa shape index (κ2) is 6.22. The van der Waals surface area contributed by atoms with E-state index in [1.54, 1.807) is 0 Å². The highest BCUT2D eigenvalue weighted by Gasteiger charge is 2.55. The van der Waals surface area contributed by atoms with Gasteiger partial charge in [-0.25, -0.2) is 8.78 Å². The Hall–Kier alpha value is -1.04. The number of nitrogens with zero attached hydrogens (tertiary/aromatic N) is 1. The maximum atomic E-state index is 13.7. The summed E-state index contributed by atoms with van der Waals surface area (Å²) in [6.45, 7) is 4.37. The number of piperidine rings is 1. The molecule has 0 aromatic heterocycles. The summed E-state index contributed by atoms with van der Waals surface area (Å²) in [6, 6.07) is 3.98. The molecule has 2 fully saturated rings. The summed E-state index contributed by atoms with van der Waals surface area (Å²) in [4.78, 5) is 2.06. The van der Waals surface area contributed by atoms with Gasteiger partial charge in [0.05, 0.1) is 12.2 Å². The molecular weight excluding hydrogens is 288 g/mol. The summed E-state index contributed by atoms with van der Waals surface area (Å²) in [5.74, 6) is -0.979. The number of halogens is 2. The van der Waals surface area contributed by atoms with Gasteiger partial charge < -0.3 is 9.84 Å². The van der Waals surface area contributed by atoms with Crippen LogP contribution in [0.3, 0.4) is 0 Å². The highest BCUT2D eigenvalue weighted by atomic mass is 19.1. The molecule has 2 unspecified atom stereocenters. The summed E-state index contributed by atoms with van der Waals surface area (Å²) < 4.78 is 33.2. The van der Waals surface area contributed by atoms with Crippen molar-refractivity contribution in [3.8, 4) is 0 Å². The minimum absolute atomic E-state index is 0.125. The van der Waals surface area contributed by atoms with Crippen molar-refractivity contribution in [1.82, 2.24) is 4.90 Å². The van der Waals surface area contributed by atoms with E-state index >= 15 is 0 Å². The topological polar surface area (TPSA) is 32.7 Å². The quantitative estimate of drug-likeness (QED) is 0.928. The third-order valence-corrected chi connectivity index (χ3v) is 5.34. The van der Waals surface area contributed by atoms with Gasteiger partial charge in [0, 0.05) is 30.6 Å². The molecule has 0 bridgehead atoms. The minimum atomic E-state index is -0.490. The van der Waals surface area contributed by atoms with E-state index in [0.717, 1.165) is 25.9 Å². The van der Waals surface area contributed by atoms with Crippen LogP contribution in [-0.2, 0) is 11.3 Å². The first kappa shape index (κ1) is 15.8. The van der Waals surface area contributed by atoms with Crippen molar-refractivity contribution < 1.29 is 18.6 Å². The Morgan fingerprint density at radius 2 is 1.91 bits per heavy atom. The lowest BCUT2D eigenvalue weighted by Gasteiger charge is -2.56. The summed E-state index contributed by atoms with van der Waals surface area (Å²) in [5.41, 5.74) is -0.0192. The summed E-state index contributed by atoms with van der Waals surface area (Å²) in [6.07, 6.45) is 2.15. The number of hydrogen-bond donors (Lipinski definition) is 1. The molecular formula is C17H23F2NO2. The Morgan fingerprint density at radius 3 is 2.45 bits per heavy atom. The molecule has 1 spiro atoms. The van der Waals surface area contributed by atoms with Crippen LogP contribution in [0.1, 0.15) is 31.7 Å². The number of ether oxygens (including phenoxy) is 1. The van der Waals surface area contributed by atoms with E-state index in [1.165, 1.54) is 18.2 Å². The number of aliphatic hydroxyl groups excluding tert-OH is 1. The number of hydrogen-bond acceptors (Lipinski definition) is 3. The van der Waals surface area contributed by atoms with Crippen molar-refractivity contribution in [3.05, 3.63) is 35.4 Å². The Labute approximate surface area is 129 Å². The molecule has 2 aliphatic rings. The fraction of sp³-hybridized carbons (Fsp3) is 0.647. The molecule has 1 aliphatic carbocycles. The summed E-state index contributed by atoms with van der Waals surface area (Å²) >= 11 is 0. The molecule has 0 amide bonds. The third-order valence-electron chi connectivity index (χ3n) is 5.34. The first-order valence-corrected chi connectivity index (χ1v) is 8.01. The van der Waals surface area contributed by atoms with Gasteiger partial charge in [-0.15, -0.1) is 0 Å². The normalized spacial score (nSPS) is 27.8. The highest BCUT2D eigenvalue weighted by molar-refractivity contribution is 5.20. The lowest BCUT2D eigenvalue weighted by atomic mass is 9.58. The van der Waals surface area contributed by atoms with Gasteiger partial charge in [-0.1, -0.05) is 6.07 Å². The fourth-order valence-corrected chi connectivity index (χ4v) is 3.85. The summed E-state index contributed by atoms with van der Waals surface area (Å²) in [7, 11) is 0. The molecule has 2 atom stereocenters. The molecule has 3 rings (SSSR count). The van der Waals surface area contributed by atoms with Crippen LogP contribution in [0.2, 0.25) is 0 Å².